The summed E-state index contributed by atoms with van der Waals surface area (Å²) >= 11 is 0. The number of aliphatic imine (C=N–C) groups is 2. The first-order valence-corrected chi connectivity index (χ1v) is 8.49. The van der Waals surface area contributed by atoms with Gasteiger partial charge in [0.05, 0.1) is 24.8 Å². The largest absolute Gasteiger partial charge is 0.369 e. The Hall–Kier alpha value is -1.06. The fraction of sp³-hybridized carbons (Fsp3) is 0.882. The molecule has 0 aromatic heterocycles. The van der Waals surface area contributed by atoms with Crippen LogP contribution in [-0.4, -0.2) is 62.8 Å². The van der Waals surface area contributed by atoms with Crippen molar-refractivity contribution >= 4 is 12.7 Å². The van der Waals surface area contributed by atoms with E-state index in [-0.39, 0.29) is 0 Å². The molecule has 0 aliphatic heterocycles. The smallest absolute Gasteiger partial charge is 0.0848 e. The van der Waals surface area contributed by atoms with Crippen molar-refractivity contribution in [2.75, 3.05) is 28.2 Å². The van der Waals surface area contributed by atoms with Crippen LogP contribution in [0.1, 0.15) is 6.42 Å². The Labute approximate surface area is 127 Å². The fourth-order valence-electron chi connectivity index (χ4n) is 7.25. The van der Waals surface area contributed by atoms with Crippen molar-refractivity contribution in [3.8, 4) is 0 Å². The van der Waals surface area contributed by atoms with Gasteiger partial charge in [-0.1, -0.05) is 0 Å². The molecule has 5 rings (SSSR count). The number of hydrogen-bond acceptors (Lipinski definition) is 2. The zero-order valence-corrected chi connectivity index (χ0v) is 13.4. The van der Waals surface area contributed by atoms with E-state index in [9.17, 15) is 0 Å². The van der Waals surface area contributed by atoms with Crippen molar-refractivity contribution in [2.24, 2.45) is 57.3 Å². The maximum absolute atomic E-state index is 5.01. The molecule has 0 saturated heterocycles. The second kappa shape index (κ2) is 3.82. The molecule has 0 N–H and O–H groups in total. The van der Waals surface area contributed by atoms with Crippen molar-refractivity contribution in [2.45, 2.75) is 18.5 Å². The van der Waals surface area contributed by atoms with Crippen LogP contribution in [-0.2, 0) is 0 Å². The van der Waals surface area contributed by atoms with Crippen LogP contribution in [0.5, 0.6) is 0 Å². The Balaban J connectivity index is 1.48. The molecular formula is C17H26N4. The standard InChI is InChI=1S/C17H26N4/c1-20(2)6-18-16-12-8-5-9-11-10(8)14(16)15(11)17(13(9)12)19-7-21(3)4/h6-17H,5H2,1-4H3. The minimum absolute atomic E-state index is 0.618. The van der Waals surface area contributed by atoms with E-state index in [1.807, 2.05) is 0 Å². The summed E-state index contributed by atoms with van der Waals surface area (Å²) in [6.07, 6.45) is 5.63. The van der Waals surface area contributed by atoms with Gasteiger partial charge in [0, 0.05) is 28.2 Å². The Morgan fingerprint density at radius 1 is 0.667 bits per heavy atom. The van der Waals surface area contributed by atoms with E-state index in [0.29, 0.717) is 12.1 Å². The summed E-state index contributed by atoms with van der Waals surface area (Å²) in [5.41, 5.74) is 0. The van der Waals surface area contributed by atoms with Gasteiger partial charge in [0.25, 0.3) is 0 Å². The van der Waals surface area contributed by atoms with E-state index in [1.54, 1.807) is 0 Å². The molecule has 5 saturated carbocycles. The lowest BCUT2D eigenvalue weighted by atomic mass is 9.58. The summed E-state index contributed by atoms with van der Waals surface area (Å²) in [7, 11) is 8.33. The fourth-order valence-corrected chi connectivity index (χ4v) is 7.25. The lowest BCUT2D eigenvalue weighted by Crippen LogP contribution is -2.50. The minimum atomic E-state index is 0.618. The van der Waals surface area contributed by atoms with Crippen LogP contribution >= 0.6 is 0 Å². The highest BCUT2D eigenvalue weighted by Crippen LogP contribution is 2.83. The molecule has 5 aliphatic rings. The molecular weight excluding hydrogens is 260 g/mol. The normalized spacial score (nSPS) is 57.9. The number of hydrogen-bond donors (Lipinski definition) is 0. The zero-order valence-electron chi connectivity index (χ0n) is 13.4. The van der Waals surface area contributed by atoms with Gasteiger partial charge in [-0.2, -0.15) is 0 Å². The number of nitrogens with zero attached hydrogens (tertiary/aromatic N) is 4. The third kappa shape index (κ3) is 1.29. The minimum Gasteiger partial charge on any atom is -0.369 e. The first-order chi connectivity index (χ1) is 10.1. The molecule has 114 valence electrons. The van der Waals surface area contributed by atoms with E-state index in [4.69, 9.17) is 9.98 Å². The van der Waals surface area contributed by atoms with Crippen molar-refractivity contribution in [1.82, 2.24) is 9.80 Å². The van der Waals surface area contributed by atoms with Gasteiger partial charge in [0.15, 0.2) is 0 Å². The molecule has 10 atom stereocenters. The Bertz CT molecular complexity index is 475. The van der Waals surface area contributed by atoms with Crippen molar-refractivity contribution < 1.29 is 0 Å². The second-order valence-electron chi connectivity index (χ2n) is 8.47. The summed E-state index contributed by atoms with van der Waals surface area (Å²) in [6, 6.07) is 1.24. The highest BCUT2D eigenvalue weighted by molar-refractivity contribution is 5.56. The Morgan fingerprint density at radius 3 is 1.48 bits per heavy atom. The van der Waals surface area contributed by atoms with E-state index in [2.05, 4.69) is 50.7 Å². The number of fused-ring (bicyclic) bond motifs is 2. The molecule has 0 amide bonds. The maximum atomic E-state index is 5.01. The zero-order chi connectivity index (χ0) is 14.5. The van der Waals surface area contributed by atoms with Gasteiger partial charge in [-0.15, -0.1) is 0 Å². The van der Waals surface area contributed by atoms with E-state index >= 15 is 0 Å². The average molecular weight is 286 g/mol. The molecule has 21 heavy (non-hydrogen) atoms. The predicted octanol–water partition coefficient (Wildman–Crippen LogP) is 1.29. The highest BCUT2D eigenvalue weighted by atomic mass is 15.1. The van der Waals surface area contributed by atoms with E-state index < -0.39 is 0 Å². The molecule has 5 aliphatic carbocycles. The molecule has 0 spiro atoms. The van der Waals surface area contributed by atoms with Gasteiger partial charge in [-0.05, 0) is 53.8 Å². The molecule has 0 aromatic carbocycles. The predicted molar refractivity (Wildman–Crippen MR) is 84.5 cm³/mol. The summed E-state index contributed by atoms with van der Waals surface area (Å²) in [6.45, 7) is 0. The van der Waals surface area contributed by atoms with Gasteiger partial charge < -0.3 is 9.80 Å². The molecule has 0 radical (unpaired) electrons. The van der Waals surface area contributed by atoms with E-state index in [1.165, 1.54) is 6.42 Å². The third-order valence-electron chi connectivity index (χ3n) is 7.26. The van der Waals surface area contributed by atoms with Gasteiger partial charge >= 0.3 is 0 Å². The third-order valence-corrected chi connectivity index (χ3v) is 7.26. The van der Waals surface area contributed by atoms with Crippen LogP contribution < -0.4 is 0 Å². The lowest BCUT2D eigenvalue weighted by molar-refractivity contribution is 0.00867. The van der Waals surface area contributed by atoms with E-state index in [0.717, 1.165) is 47.3 Å². The van der Waals surface area contributed by atoms with Crippen molar-refractivity contribution in [1.29, 1.82) is 0 Å². The SMILES string of the molecule is CN(C)C=NC1C2C3CC4C2C(N=CN(C)C)C2C4C3C12. The van der Waals surface area contributed by atoms with Gasteiger partial charge in [-0.25, -0.2) is 0 Å². The summed E-state index contributed by atoms with van der Waals surface area (Å²) in [5, 5.41) is 0. The van der Waals surface area contributed by atoms with Crippen LogP contribution in [0, 0.1) is 47.3 Å². The quantitative estimate of drug-likeness (QED) is 0.576. The van der Waals surface area contributed by atoms with Gasteiger partial charge in [0.2, 0.25) is 0 Å². The lowest BCUT2D eigenvalue weighted by Gasteiger charge is -2.48. The molecule has 4 nitrogen and oxygen atoms in total. The van der Waals surface area contributed by atoms with Crippen molar-refractivity contribution in [3.63, 3.8) is 0 Å². The van der Waals surface area contributed by atoms with Crippen LogP contribution in [0.4, 0.5) is 0 Å². The van der Waals surface area contributed by atoms with Gasteiger partial charge in [0.1, 0.15) is 0 Å². The monoisotopic (exact) mass is 286 g/mol. The van der Waals surface area contributed by atoms with Crippen LogP contribution in [0.2, 0.25) is 0 Å². The number of rotatable bonds is 4. The molecule has 10 unspecified atom stereocenters. The summed E-state index contributed by atoms with van der Waals surface area (Å²) in [5.74, 6) is 7.44. The van der Waals surface area contributed by atoms with Gasteiger partial charge in [-0.3, -0.25) is 9.98 Å². The molecule has 0 aromatic rings. The summed E-state index contributed by atoms with van der Waals surface area (Å²) < 4.78 is 0. The molecule has 5 fully saturated rings. The summed E-state index contributed by atoms with van der Waals surface area (Å²) in [4.78, 5) is 14.2. The molecule has 2 bridgehead atoms. The first kappa shape index (κ1) is 12.5. The topological polar surface area (TPSA) is 31.2 Å². The maximum Gasteiger partial charge on any atom is 0.0848 e. The van der Waals surface area contributed by atoms with Crippen molar-refractivity contribution in [3.05, 3.63) is 0 Å². The van der Waals surface area contributed by atoms with Crippen LogP contribution in [0.25, 0.3) is 0 Å². The first-order valence-electron chi connectivity index (χ1n) is 8.49. The molecule has 4 heteroatoms. The Kier molecular flexibility index (Phi) is 2.27. The molecule has 0 heterocycles. The second-order valence-corrected chi connectivity index (χ2v) is 8.47. The van der Waals surface area contributed by atoms with Crippen LogP contribution in [0.3, 0.4) is 0 Å². The Morgan fingerprint density at radius 2 is 1.10 bits per heavy atom. The average Bonchev–Trinajstić information content (AvgIpc) is 2.91. The highest BCUT2D eigenvalue weighted by Gasteiger charge is 2.83. The van der Waals surface area contributed by atoms with Crippen LogP contribution in [0.15, 0.2) is 9.98 Å².